The van der Waals surface area contributed by atoms with E-state index in [4.69, 9.17) is 11.5 Å². The van der Waals surface area contributed by atoms with Crippen molar-refractivity contribution in [2.45, 2.75) is 70.0 Å². The number of nitrogens with two attached hydrogens (primary N) is 2. The van der Waals surface area contributed by atoms with Crippen LogP contribution in [-0.2, 0) is 13.0 Å². The number of hydrogen-bond acceptors (Lipinski definition) is 6. The summed E-state index contributed by atoms with van der Waals surface area (Å²) in [6.07, 6.45) is 6.93. The van der Waals surface area contributed by atoms with Crippen LogP contribution in [0.1, 0.15) is 65.8 Å². The zero-order valence-electron chi connectivity index (χ0n) is 14.0. The minimum Gasteiger partial charge on any atom is -0.326 e. The van der Waals surface area contributed by atoms with Crippen LogP contribution in [-0.4, -0.2) is 40.3 Å². The predicted molar refractivity (Wildman–Crippen MR) is 93.7 cm³/mol. The van der Waals surface area contributed by atoms with Crippen LogP contribution in [0.15, 0.2) is 0 Å². The molecule has 3 rings (SSSR count). The maximum atomic E-state index is 12.9. The molecule has 0 spiro atoms. The molecule has 2 heterocycles. The lowest BCUT2D eigenvalue weighted by atomic mass is 9.76. The molecule has 1 aliphatic carbocycles. The summed E-state index contributed by atoms with van der Waals surface area (Å²) in [7, 11) is 0. The number of unbranched alkanes of at least 4 members (excludes halogenated alkanes) is 1. The molecule has 2 aliphatic rings. The Morgan fingerprint density at radius 2 is 2.30 bits per heavy atom. The first kappa shape index (κ1) is 17.0. The van der Waals surface area contributed by atoms with E-state index in [0.717, 1.165) is 51.0 Å². The molecule has 0 radical (unpaired) electrons. The van der Waals surface area contributed by atoms with Crippen LogP contribution in [0.5, 0.6) is 0 Å². The molecule has 1 aliphatic heterocycles. The normalized spacial score (nSPS) is 28.6. The van der Waals surface area contributed by atoms with Gasteiger partial charge in [0.1, 0.15) is 0 Å². The fraction of sp³-hybridized carbons (Fsp3) is 0.765. The van der Waals surface area contributed by atoms with Crippen molar-refractivity contribution in [1.82, 2.24) is 9.88 Å². The first-order valence-corrected chi connectivity index (χ1v) is 9.66. The average Bonchev–Trinajstić information content (AvgIpc) is 2.98. The Kier molecular flexibility index (Phi) is 5.16. The molecule has 4 N–H and O–H groups in total. The molecule has 1 saturated carbocycles. The molecular formula is C17H28N4OS. The molecule has 0 aromatic carbocycles. The number of hydrogen-bond donors (Lipinski definition) is 2. The zero-order chi connectivity index (χ0) is 16.4. The van der Waals surface area contributed by atoms with Crippen molar-refractivity contribution >= 4 is 17.1 Å². The Labute approximate surface area is 142 Å². The smallest absolute Gasteiger partial charge is 0.212 e. The fourth-order valence-corrected chi connectivity index (χ4v) is 4.81. The molecule has 128 valence electrons. The van der Waals surface area contributed by atoms with Crippen LogP contribution >= 0.6 is 11.3 Å². The third kappa shape index (κ3) is 3.36. The van der Waals surface area contributed by atoms with E-state index >= 15 is 0 Å². The Bertz CT molecular complexity index is 573. The molecule has 6 heteroatoms. The number of nitrogens with zero attached hydrogens (tertiary/aromatic N) is 2. The third-order valence-electron chi connectivity index (χ3n) is 5.27. The highest BCUT2D eigenvalue weighted by Crippen LogP contribution is 2.32. The Morgan fingerprint density at radius 3 is 3.04 bits per heavy atom. The molecule has 0 amide bonds. The first-order valence-electron chi connectivity index (χ1n) is 8.84. The largest absolute Gasteiger partial charge is 0.326 e. The summed E-state index contributed by atoms with van der Waals surface area (Å²) in [6, 6.07) is -0.245. The predicted octanol–water partition coefficient (Wildman–Crippen LogP) is 2.08. The van der Waals surface area contributed by atoms with Gasteiger partial charge < -0.3 is 11.5 Å². The lowest BCUT2D eigenvalue weighted by molar-refractivity contribution is 0.0822. The summed E-state index contributed by atoms with van der Waals surface area (Å²) in [5.74, 6) is -0.0378. The van der Waals surface area contributed by atoms with Gasteiger partial charge in [0.2, 0.25) is 5.78 Å². The number of thiazole rings is 1. The maximum absolute atomic E-state index is 12.9. The van der Waals surface area contributed by atoms with Crippen LogP contribution in [0.25, 0.3) is 0 Å². The second kappa shape index (κ2) is 6.97. The Morgan fingerprint density at radius 1 is 1.48 bits per heavy atom. The third-order valence-corrected chi connectivity index (χ3v) is 6.35. The molecule has 1 aromatic heterocycles. The standard InChI is InChI=1S/C17H28N4OS/c1-2-3-9-21-10-7-12-13(11-21)23-16(20-12)15(22)17(19)8-5-4-6-14(17)18/h14H,2-11,18-19H2,1H3. The van der Waals surface area contributed by atoms with E-state index in [0.29, 0.717) is 11.4 Å². The van der Waals surface area contributed by atoms with Crippen molar-refractivity contribution in [3.63, 3.8) is 0 Å². The molecular weight excluding hydrogens is 308 g/mol. The average molecular weight is 337 g/mol. The van der Waals surface area contributed by atoms with Crippen molar-refractivity contribution in [2.24, 2.45) is 11.5 Å². The lowest BCUT2D eigenvalue weighted by Crippen LogP contribution is -2.62. The molecule has 5 nitrogen and oxygen atoms in total. The van der Waals surface area contributed by atoms with E-state index in [9.17, 15) is 4.79 Å². The summed E-state index contributed by atoms with van der Waals surface area (Å²) < 4.78 is 0. The number of ketones is 1. The van der Waals surface area contributed by atoms with Crippen molar-refractivity contribution in [1.29, 1.82) is 0 Å². The summed E-state index contributed by atoms with van der Waals surface area (Å²) >= 11 is 1.54. The molecule has 1 fully saturated rings. The number of fused-ring (bicyclic) bond motifs is 1. The van der Waals surface area contributed by atoms with Gasteiger partial charge in [-0.1, -0.05) is 26.2 Å². The summed E-state index contributed by atoms with van der Waals surface area (Å²) in [5, 5.41) is 0.576. The number of carbonyl (C=O) groups excluding carboxylic acids is 1. The maximum Gasteiger partial charge on any atom is 0.212 e. The second-order valence-electron chi connectivity index (χ2n) is 6.99. The quantitative estimate of drug-likeness (QED) is 0.804. The van der Waals surface area contributed by atoms with E-state index in [1.54, 1.807) is 0 Å². The Hall–Kier alpha value is -0.820. The van der Waals surface area contributed by atoms with Gasteiger partial charge in [0, 0.05) is 30.4 Å². The van der Waals surface area contributed by atoms with Gasteiger partial charge in [-0.25, -0.2) is 4.98 Å². The summed E-state index contributed by atoms with van der Waals surface area (Å²) in [5.41, 5.74) is 12.8. The van der Waals surface area contributed by atoms with Crippen LogP contribution in [0.3, 0.4) is 0 Å². The highest BCUT2D eigenvalue weighted by Gasteiger charge is 2.43. The SMILES string of the molecule is CCCCN1CCc2nc(C(=O)C3(N)CCCCC3N)sc2C1. The molecule has 2 unspecified atom stereocenters. The molecule has 1 aromatic rings. The van der Waals surface area contributed by atoms with Crippen molar-refractivity contribution in [3.8, 4) is 0 Å². The number of carbonyl (C=O) groups is 1. The number of aromatic nitrogens is 1. The molecule has 0 saturated heterocycles. The number of rotatable bonds is 5. The van der Waals surface area contributed by atoms with Gasteiger partial charge in [0.05, 0.1) is 11.2 Å². The minimum absolute atomic E-state index is 0.0378. The lowest BCUT2D eigenvalue weighted by Gasteiger charge is -2.36. The van der Waals surface area contributed by atoms with E-state index in [2.05, 4.69) is 16.8 Å². The number of Topliss-reactive ketones (excluding diaryl/α,β-unsaturated/α-hetero) is 1. The monoisotopic (exact) mass is 336 g/mol. The highest BCUT2D eigenvalue weighted by atomic mass is 32.1. The second-order valence-corrected chi connectivity index (χ2v) is 8.07. The van der Waals surface area contributed by atoms with Gasteiger partial charge >= 0.3 is 0 Å². The van der Waals surface area contributed by atoms with Crippen LogP contribution in [0, 0.1) is 0 Å². The minimum atomic E-state index is -0.916. The topological polar surface area (TPSA) is 85.2 Å². The van der Waals surface area contributed by atoms with Crippen LogP contribution < -0.4 is 11.5 Å². The fourth-order valence-electron chi connectivity index (χ4n) is 3.62. The van der Waals surface area contributed by atoms with Gasteiger partial charge in [-0.2, -0.15) is 0 Å². The Balaban J connectivity index is 1.75. The van der Waals surface area contributed by atoms with E-state index < -0.39 is 5.54 Å². The molecule has 0 bridgehead atoms. The highest BCUT2D eigenvalue weighted by molar-refractivity contribution is 7.13. The van der Waals surface area contributed by atoms with Gasteiger partial charge in [-0.15, -0.1) is 11.3 Å². The van der Waals surface area contributed by atoms with Gasteiger partial charge in [-0.05, 0) is 25.8 Å². The van der Waals surface area contributed by atoms with Crippen LogP contribution in [0.4, 0.5) is 0 Å². The molecule has 2 atom stereocenters. The van der Waals surface area contributed by atoms with Crippen molar-refractivity contribution < 1.29 is 4.79 Å². The first-order chi connectivity index (χ1) is 11.0. The van der Waals surface area contributed by atoms with Gasteiger partial charge in [0.25, 0.3) is 0 Å². The van der Waals surface area contributed by atoms with Crippen LogP contribution in [0.2, 0.25) is 0 Å². The summed E-state index contributed by atoms with van der Waals surface area (Å²) in [4.78, 5) is 21.3. The van der Waals surface area contributed by atoms with E-state index in [-0.39, 0.29) is 11.8 Å². The summed E-state index contributed by atoms with van der Waals surface area (Å²) in [6.45, 7) is 5.30. The zero-order valence-corrected chi connectivity index (χ0v) is 14.8. The van der Waals surface area contributed by atoms with E-state index in [1.807, 2.05) is 0 Å². The van der Waals surface area contributed by atoms with E-state index in [1.165, 1.54) is 29.1 Å². The van der Waals surface area contributed by atoms with Crippen molar-refractivity contribution in [2.75, 3.05) is 13.1 Å². The van der Waals surface area contributed by atoms with Gasteiger partial charge in [0.15, 0.2) is 5.01 Å². The molecule has 23 heavy (non-hydrogen) atoms. The van der Waals surface area contributed by atoms with Gasteiger partial charge in [-0.3, -0.25) is 9.69 Å². The van der Waals surface area contributed by atoms with Crippen molar-refractivity contribution in [3.05, 3.63) is 15.6 Å².